The van der Waals surface area contributed by atoms with E-state index in [2.05, 4.69) is 55.3 Å². The highest BCUT2D eigenvalue weighted by atomic mass is 32.1. The number of aryl methyl sites for hydroxylation is 1. The minimum Gasteiger partial charge on any atom is -0.356 e. The molecule has 0 atom stereocenters. The summed E-state index contributed by atoms with van der Waals surface area (Å²) in [6, 6.07) is 10.2. The van der Waals surface area contributed by atoms with Crippen molar-refractivity contribution in [2.45, 2.75) is 13.3 Å². The molecule has 1 aromatic carbocycles. The van der Waals surface area contributed by atoms with Gasteiger partial charge in [0.25, 0.3) is 5.91 Å². The van der Waals surface area contributed by atoms with Gasteiger partial charge in [0.05, 0.1) is 16.9 Å². The SMILES string of the molecule is CN=C(NCCNC(=O)c1scnc1C)NCCc1ccc(-n2cccn2)cc1. The van der Waals surface area contributed by atoms with Crippen molar-refractivity contribution in [3.05, 3.63) is 64.4 Å². The van der Waals surface area contributed by atoms with E-state index >= 15 is 0 Å². The first-order valence-electron chi connectivity index (χ1n) is 9.39. The number of nitrogens with one attached hydrogen (secondary N) is 3. The Labute approximate surface area is 174 Å². The van der Waals surface area contributed by atoms with E-state index < -0.39 is 0 Å². The molecule has 1 amide bonds. The molecule has 29 heavy (non-hydrogen) atoms. The lowest BCUT2D eigenvalue weighted by Crippen LogP contribution is -2.42. The number of nitrogens with zero attached hydrogens (tertiary/aromatic N) is 4. The largest absolute Gasteiger partial charge is 0.356 e. The molecule has 0 fully saturated rings. The van der Waals surface area contributed by atoms with Gasteiger partial charge in [-0.25, -0.2) is 9.67 Å². The summed E-state index contributed by atoms with van der Waals surface area (Å²) in [5.74, 6) is 0.620. The zero-order chi connectivity index (χ0) is 20.5. The number of carbonyl (C=O) groups is 1. The molecule has 8 nitrogen and oxygen atoms in total. The van der Waals surface area contributed by atoms with Crippen molar-refractivity contribution < 1.29 is 4.79 Å². The van der Waals surface area contributed by atoms with Crippen LogP contribution < -0.4 is 16.0 Å². The van der Waals surface area contributed by atoms with Crippen LogP contribution in [0, 0.1) is 6.92 Å². The van der Waals surface area contributed by atoms with Gasteiger partial charge in [-0.3, -0.25) is 9.79 Å². The van der Waals surface area contributed by atoms with Crippen molar-refractivity contribution in [1.29, 1.82) is 0 Å². The molecule has 152 valence electrons. The summed E-state index contributed by atoms with van der Waals surface area (Å²) in [4.78, 5) is 21.0. The van der Waals surface area contributed by atoms with Crippen LogP contribution >= 0.6 is 11.3 Å². The molecule has 0 radical (unpaired) electrons. The second kappa shape index (κ2) is 10.4. The number of rotatable bonds is 8. The third kappa shape index (κ3) is 5.89. The number of benzene rings is 1. The first kappa shape index (κ1) is 20.5. The average molecular weight is 412 g/mol. The molecule has 3 rings (SSSR count). The first-order chi connectivity index (χ1) is 14.2. The molecule has 2 aromatic heterocycles. The number of aromatic nitrogens is 3. The Morgan fingerprint density at radius 2 is 1.90 bits per heavy atom. The van der Waals surface area contributed by atoms with E-state index in [4.69, 9.17) is 0 Å². The van der Waals surface area contributed by atoms with Crippen molar-refractivity contribution in [1.82, 2.24) is 30.7 Å². The Balaban J connectivity index is 1.35. The van der Waals surface area contributed by atoms with Crippen LogP contribution in [-0.4, -0.2) is 53.3 Å². The average Bonchev–Trinajstić information content (AvgIpc) is 3.42. The summed E-state index contributed by atoms with van der Waals surface area (Å²) < 4.78 is 1.84. The quantitative estimate of drug-likeness (QED) is 0.298. The number of carbonyl (C=O) groups excluding carboxylic acids is 1. The van der Waals surface area contributed by atoms with Crippen LogP contribution in [0.3, 0.4) is 0 Å². The van der Waals surface area contributed by atoms with Crippen LogP contribution in [0.15, 0.2) is 53.2 Å². The van der Waals surface area contributed by atoms with Gasteiger partial charge < -0.3 is 16.0 Å². The van der Waals surface area contributed by atoms with Gasteiger partial charge in [-0.05, 0) is 37.1 Å². The predicted molar refractivity (Wildman–Crippen MR) is 116 cm³/mol. The zero-order valence-corrected chi connectivity index (χ0v) is 17.4. The van der Waals surface area contributed by atoms with Crippen LogP contribution in [0.4, 0.5) is 0 Å². The van der Waals surface area contributed by atoms with E-state index in [1.807, 2.05) is 23.9 Å². The molecule has 2 heterocycles. The molecule has 3 N–H and O–H groups in total. The fourth-order valence-electron chi connectivity index (χ4n) is 2.74. The minimum absolute atomic E-state index is 0.0895. The van der Waals surface area contributed by atoms with Gasteiger partial charge >= 0.3 is 0 Å². The number of guanidine groups is 1. The molecule has 0 bridgehead atoms. The summed E-state index contributed by atoms with van der Waals surface area (Å²) in [7, 11) is 1.73. The van der Waals surface area contributed by atoms with Gasteiger partial charge in [0.2, 0.25) is 0 Å². The van der Waals surface area contributed by atoms with Crippen molar-refractivity contribution >= 4 is 23.2 Å². The van der Waals surface area contributed by atoms with E-state index in [9.17, 15) is 4.79 Å². The maximum atomic E-state index is 12.0. The highest BCUT2D eigenvalue weighted by Crippen LogP contribution is 2.11. The molecule has 0 aliphatic rings. The Morgan fingerprint density at radius 3 is 2.55 bits per heavy atom. The van der Waals surface area contributed by atoms with Crippen molar-refractivity contribution in [3.8, 4) is 5.69 Å². The topological polar surface area (TPSA) is 96.2 Å². The molecular formula is C20H25N7OS. The van der Waals surface area contributed by atoms with Gasteiger partial charge in [0, 0.05) is 39.1 Å². The van der Waals surface area contributed by atoms with E-state index in [-0.39, 0.29) is 5.91 Å². The smallest absolute Gasteiger partial charge is 0.263 e. The van der Waals surface area contributed by atoms with Crippen LogP contribution in [0.1, 0.15) is 20.9 Å². The van der Waals surface area contributed by atoms with E-state index in [0.29, 0.717) is 23.9 Å². The van der Waals surface area contributed by atoms with Crippen molar-refractivity contribution in [3.63, 3.8) is 0 Å². The lowest BCUT2D eigenvalue weighted by atomic mass is 10.1. The molecule has 0 unspecified atom stereocenters. The normalized spacial score (nSPS) is 11.3. The van der Waals surface area contributed by atoms with Crippen LogP contribution in [0.5, 0.6) is 0 Å². The molecule has 0 aliphatic heterocycles. The molecule has 0 saturated carbocycles. The molecule has 0 aliphatic carbocycles. The number of aliphatic imine (C=N–C) groups is 1. The molecule has 0 spiro atoms. The molecule has 0 saturated heterocycles. The van der Waals surface area contributed by atoms with E-state index in [0.717, 1.165) is 24.3 Å². The molecular weight excluding hydrogens is 386 g/mol. The summed E-state index contributed by atoms with van der Waals surface area (Å²) in [6.45, 7) is 3.68. The minimum atomic E-state index is -0.0895. The van der Waals surface area contributed by atoms with Gasteiger partial charge in [-0.2, -0.15) is 5.10 Å². The van der Waals surface area contributed by atoms with Crippen molar-refractivity contribution in [2.24, 2.45) is 4.99 Å². The standard InChI is InChI=1S/C20H25N7OS/c1-15-18(29-14-25-15)19(28)22-11-12-24-20(21-2)23-10-8-16-4-6-17(7-5-16)27-13-3-9-26-27/h3-7,9,13-14H,8,10-12H2,1-2H3,(H,22,28)(H2,21,23,24). The number of hydrogen-bond acceptors (Lipinski definition) is 5. The Hall–Kier alpha value is -3.20. The highest BCUT2D eigenvalue weighted by molar-refractivity contribution is 7.11. The monoisotopic (exact) mass is 411 g/mol. The summed E-state index contributed by atoms with van der Waals surface area (Å²) >= 11 is 1.35. The summed E-state index contributed by atoms with van der Waals surface area (Å²) in [5, 5.41) is 13.6. The maximum absolute atomic E-state index is 12.0. The Morgan fingerprint density at radius 1 is 1.14 bits per heavy atom. The van der Waals surface area contributed by atoms with Gasteiger partial charge in [0.1, 0.15) is 4.88 Å². The lowest BCUT2D eigenvalue weighted by molar-refractivity contribution is 0.0957. The number of thiazole rings is 1. The molecule has 3 aromatic rings. The maximum Gasteiger partial charge on any atom is 0.263 e. The second-order valence-electron chi connectivity index (χ2n) is 6.32. The molecule has 9 heteroatoms. The summed E-state index contributed by atoms with van der Waals surface area (Å²) in [6.07, 6.45) is 4.57. The lowest BCUT2D eigenvalue weighted by Gasteiger charge is -2.12. The fourth-order valence-corrected chi connectivity index (χ4v) is 3.46. The van der Waals surface area contributed by atoms with Gasteiger partial charge in [-0.1, -0.05) is 12.1 Å². The second-order valence-corrected chi connectivity index (χ2v) is 7.17. The zero-order valence-electron chi connectivity index (χ0n) is 16.6. The summed E-state index contributed by atoms with van der Waals surface area (Å²) in [5.41, 5.74) is 4.71. The third-order valence-corrected chi connectivity index (χ3v) is 5.22. The van der Waals surface area contributed by atoms with Crippen LogP contribution in [0.25, 0.3) is 5.69 Å². The van der Waals surface area contributed by atoms with Crippen molar-refractivity contribution in [2.75, 3.05) is 26.7 Å². The van der Waals surface area contributed by atoms with Crippen LogP contribution in [-0.2, 0) is 6.42 Å². The fraction of sp³-hybridized carbons (Fsp3) is 0.300. The van der Waals surface area contributed by atoms with E-state index in [1.165, 1.54) is 16.9 Å². The van der Waals surface area contributed by atoms with E-state index in [1.54, 1.807) is 18.8 Å². The third-order valence-electron chi connectivity index (χ3n) is 4.29. The van der Waals surface area contributed by atoms with Gasteiger partial charge in [0.15, 0.2) is 5.96 Å². The first-order valence-corrected chi connectivity index (χ1v) is 10.3. The number of amides is 1. The van der Waals surface area contributed by atoms with Crippen LogP contribution in [0.2, 0.25) is 0 Å². The Bertz CT molecular complexity index is 932. The van der Waals surface area contributed by atoms with Gasteiger partial charge in [-0.15, -0.1) is 11.3 Å². The Kier molecular flexibility index (Phi) is 7.34. The highest BCUT2D eigenvalue weighted by Gasteiger charge is 2.10. The number of hydrogen-bond donors (Lipinski definition) is 3. The predicted octanol–water partition coefficient (Wildman–Crippen LogP) is 1.77.